The molecule has 0 saturated carbocycles. The molecule has 2 aromatic rings. The number of Topliss-reactive ketones (excluding diaryl/α,β-unsaturated/α-hetero) is 1. The standard InChI is InChI=1S/C15H9F5O/c16-10-4-1-3-9(7-10)8-13(21)11-5-2-6-12(14(11)17)15(18,19)20/h1-7H,8H2. The van der Waals surface area contributed by atoms with E-state index in [2.05, 4.69) is 0 Å². The molecule has 0 amide bonds. The maximum absolute atomic E-state index is 13.8. The van der Waals surface area contributed by atoms with Crippen LogP contribution in [0.3, 0.4) is 0 Å². The van der Waals surface area contributed by atoms with Gasteiger partial charge < -0.3 is 0 Å². The topological polar surface area (TPSA) is 17.1 Å². The van der Waals surface area contributed by atoms with E-state index in [1.54, 1.807) is 0 Å². The lowest BCUT2D eigenvalue weighted by Crippen LogP contribution is -2.13. The summed E-state index contributed by atoms with van der Waals surface area (Å²) in [6.07, 6.45) is -5.25. The van der Waals surface area contributed by atoms with Gasteiger partial charge in [-0.3, -0.25) is 4.79 Å². The van der Waals surface area contributed by atoms with Gasteiger partial charge in [-0.25, -0.2) is 8.78 Å². The van der Waals surface area contributed by atoms with Gasteiger partial charge in [0.05, 0.1) is 11.1 Å². The molecule has 0 atom stereocenters. The Bertz CT molecular complexity index is 676. The van der Waals surface area contributed by atoms with Crippen LogP contribution in [-0.4, -0.2) is 5.78 Å². The summed E-state index contributed by atoms with van der Waals surface area (Å²) in [5.41, 5.74) is -1.89. The Hall–Kier alpha value is -2.24. The average molecular weight is 300 g/mol. The summed E-state index contributed by atoms with van der Waals surface area (Å²) in [4.78, 5) is 11.9. The first kappa shape index (κ1) is 15.2. The third-order valence-electron chi connectivity index (χ3n) is 2.86. The lowest BCUT2D eigenvalue weighted by molar-refractivity contribution is -0.140. The molecule has 0 fully saturated rings. The van der Waals surface area contributed by atoms with Gasteiger partial charge in [0.25, 0.3) is 0 Å². The zero-order valence-corrected chi connectivity index (χ0v) is 10.5. The molecule has 0 aliphatic rings. The van der Waals surface area contributed by atoms with Gasteiger partial charge in [-0.15, -0.1) is 0 Å². The molecule has 110 valence electrons. The summed E-state index contributed by atoms with van der Waals surface area (Å²) in [5.74, 6) is -3.03. The minimum absolute atomic E-state index is 0.261. The van der Waals surface area contributed by atoms with Crippen molar-refractivity contribution >= 4 is 5.78 Å². The van der Waals surface area contributed by atoms with E-state index in [0.29, 0.717) is 6.07 Å². The molecule has 0 unspecified atom stereocenters. The first-order valence-corrected chi connectivity index (χ1v) is 5.92. The molecule has 2 aromatic carbocycles. The largest absolute Gasteiger partial charge is 0.419 e. The van der Waals surface area contributed by atoms with Gasteiger partial charge in [-0.05, 0) is 29.8 Å². The highest BCUT2D eigenvalue weighted by Crippen LogP contribution is 2.32. The van der Waals surface area contributed by atoms with Crippen molar-refractivity contribution in [3.8, 4) is 0 Å². The van der Waals surface area contributed by atoms with Crippen molar-refractivity contribution in [3.05, 3.63) is 70.8 Å². The molecular formula is C15H9F5O. The molecule has 0 N–H and O–H groups in total. The van der Waals surface area contributed by atoms with Crippen LogP contribution < -0.4 is 0 Å². The first-order valence-electron chi connectivity index (χ1n) is 5.92. The maximum Gasteiger partial charge on any atom is 0.419 e. The second-order valence-electron chi connectivity index (χ2n) is 4.39. The van der Waals surface area contributed by atoms with Crippen molar-refractivity contribution in [3.63, 3.8) is 0 Å². The Morgan fingerprint density at radius 2 is 1.67 bits per heavy atom. The van der Waals surface area contributed by atoms with Crippen molar-refractivity contribution in [1.82, 2.24) is 0 Å². The Labute approximate surface area is 117 Å². The van der Waals surface area contributed by atoms with E-state index in [1.807, 2.05) is 0 Å². The fourth-order valence-electron chi connectivity index (χ4n) is 1.89. The summed E-state index contributed by atoms with van der Waals surface area (Å²) in [7, 11) is 0. The highest BCUT2D eigenvalue weighted by Gasteiger charge is 2.35. The van der Waals surface area contributed by atoms with Gasteiger partial charge in [0.15, 0.2) is 5.78 Å². The molecule has 6 heteroatoms. The second kappa shape index (κ2) is 5.63. The van der Waals surface area contributed by atoms with Gasteiger partial charge >= 0.3 is 6.18 Å². The van der Waals surface area contributed by atoms with Crippen LogP contribution in [0, 0.1) is 11.6 Å². The fraction of sp³-hybridized carbons (Fsp3) is 0.133. The van der Waals surface area contributed by atoms with E-state index in [9.17, 15) is 26.7 Å². The third-order valence-corrected chi connectivity index (χ3v) is 2.86. The molecule has 0 aliphatic heterocycles. The van der Waals surface area contributed by atoms with Crippen LogP contribution in [0.15, 0.2) is 42.5 Å². The minimum atomic E-state index is -4.88. The predicted octanol–water partition coefficient (Wildman–Crippen LogP) is 4.41. The van der Waals surface area contributed by atoms with Crippen LogP contribution in [0.2, 0.25) is 0 Å². The first-order chi connectivity index (χ1) is 9.79. The van der Waals surface area contributed by atoms with Crippen LogP contribution >= 0.6 is 0 Å². The van der Waals surface area contributed by atoms with Crippen LogP contribution in [0.5, 0.6) is 0 Å². The summed E-state index contributed by atoms with van der Waals surface area (Å²) in [6.45, 7) is 0. The van der Waals surface area contributed by atoms with Crippen molar-refractivity contribution in [1.29, 1.82) is 0 Å². The molecule has 0 radical (unpaired) electrons. The monoisotopic (exact) mass is 300 g/mol. The molecule has 0 spiro atoms. The van der Waals surface area contributed by atoms with Crippen molar-refractivity contribution < 1.29 is 26.7 Å². The van der Waals surface area contributed by atoms with E-state index in [4.69, 9.17) is 0 Å². The summed E-state index contributed by atoms with van der Waals surface area (Å²) < 4.78 is 64.5. The summed E-state index contributed by atoms with van der Waals surface area (Å²) >= 11 is 0. The molecule has 0 saturated heterocycles. The fourth-order valence-corrected chi connectivity index (χ4v) is 1.89. The lowest BCUT2D eigenvalue weighted by atomic mass is 10.00. The SMILES string of the molecule is O=C(Cc1cccc(F)c1)c1cccc(C(F)(F)F)c1F. The van der Waals surface area contributed by atoms with Gasteiger partial charge in [0.1, 0.15) is 11.6 Å². The van der Waals surface area contributed by atoms with E-state index < -0.39 is 34.7 Å². The lowest BCUT2D eigenvalue weighted by Gasteiger charge is -2.10. The quantitative estimate of drug-likeness (QED) is 0.606. The van der Waals surface area contributed by atoms with E-state index in [1.165, 1.54) is 18.2 Å². The molecule has 21 heavy (non-hydrogen) atoms. The number of ketones is 1. The zero-order chi connectivity index (χ0) is 15.6. The average Bonchev–Trinajstić information content (AvgIpc) is 2.37. The minimum Gasteiger partial charge on any atom is -0.294 e. The zero-order valence-electron chi connectivity index (χ0n) is 10.5. The highest BCUT2D eigenvalue weighted by atomic mass is 19.4. The van der Waals surface area contributed by atoms with Crippen molar-refractivity contribution in [2.75, 3.05) is 0 Å². The smallest absolute Gasteiger partial charge is 0.294 e. The number of hydrogen-bond donors (Lipinski definition) is 0. The molecule has 0 aliphatic carbocycles. The van der Waals surface area contributed by atoms with Crippen LogP contribution in [0.4, 0.5) is 22.0 Å². The second-order valence-corrected chi connectivity index (χ2v) is 4.39. The van der Waals surface area contributed by atoms with Crippen molar-refractivity contribution in [2.45, 2.75) is 12.6 Å². The van der Waals surface area contributed by atoms with E-state index in [-0.39, 0.29) is 12.0 Å². The van der Waals surface area contributed by atoms with Gasteiger partial charge in [0.2, 0.25) is 0 Å². The van der Waals surface area contributed by atoms with Crippen LogP contribution in [0.25, 0.3) is 0 Å². The van der Waals surface area contributed by atoms with E-state index >= 15 is 0 Å². The number of halogens is 5. The molecule has 0 heterocycles. The predicted molar refractivity (Wildman–Crippen MR) is 65.8 cm³/mol. The normalized spacial score (nSPS) is 11.5. The highest BCUT2D eigenvalue weighted by molar-refractivity contribution is 5.98. The van der Waals surface area contributed by atoms with E-state index in [0.717, 1.165) is 18.2 Å². The van der Waals surface area contributed by atoms with Crippen LogP contribution in [-0.2, 0) is 12.6 Å². The van der Waals surface area contributed by atoms with Crippen molar-refractivity contribution in [2.24, 2.45) is 0 Å². The van der Waals surface area contributed by atoms with Gasteiger partial charge in [0, 0.05) is 6.42 Å². The summed E-state index contributed by atoms with van der Waals surface area (Å²) in [5, 5.41) is 0. The number of rotatable bonds is 3. The molecular weight excluding hydrogens is 291 g/mol. The number of hydrogen-bond acceptors (Lipinski definition) is 1. The van der Waals surface area contributed by atoms with Gasteiger partial charge in [-0.1, -0.05) is 18.2 Å². The number of carbonyl (C=O) groups is 1. The summed E-state index contributed by atoms with van der Waals surface area (Å²) in [6, 6.07) is 7.54. The Morgan fingerprint density at radius 3 is 2.29 bits per heavy atom. The van der Waals surface area contributed by atoms with Crippen LogP contribution in [0.1, 0.15) is 21.5 Å². The molecule has 0 aromatic heterocycles. The molecule has 0 bridgehead atoms. The Kier molecular flexibility index (Phi) is 4.06. The third kappa shape index (κ3) is 3.45. The maximum atomic E-state index is 13.8. The number of benzene rings is 2. The van der Waals surface area contributed by atoms with Gasteiger partial charge in [-0.2, -0.15) is 13.2 Å². The molecule has 2 rings (SSSR count). The Balaban J connectivity index is 2.32. The number of alkyl halides is 3. The number of carbonyl (C=O) groups excluding carboxylic acids is 1. The Morgan fingerprint density at radius 1 is 1.00 bits per heavy atom. The molecule has 1 nitrogen and oxygen atoms in total.